The third-order valence-electron chi connectivity index (χ3n) is 2.86. The Labute approximate surface area is 77.0 Å². The smallest absolute Gasteiger partial charge is 0.309 e. The summed E-state index contributed by atoms with van der Waals surface area (Å²) >= 11 is 1.99. The molecule has 2 rings (SSSR count). The second-order valence-corrected chi connectivity index (χ2v) is 4.99. The second kappa shape index (κ2) is 3.29. The summed E-state index contributed by atoms with van der Waals surface area (Å²) in [5.74, 6) is 1.98. The number of cyclic esters (lactones) is 1. The summed E-state index contributed by atoms with van der Waals surface area (Å²) < 4.78 is 5.04. The zero-order valence-electron chi connectivity index (χ0n) is 7.29. The van der Waals surface area contributed by atoms with Crippen molar-refractivity contribution < 1.29 is 9.53 Å². The maximum atomic E-state index is 11.2. The quantitative estimate of drug-likeness (QED) is 0.614. The minimum absolute atomic E-state index is 0.0548. The highest BCUT2D eigenvalue weighted by Gasteiger charge is 2.46. The predicted molar refractivity (Wildman–Crippen MR) is 49.1 cm³/mol. The molecule has 0 radical (unpaired) electrons. The van der Waals surface area contributed by atoms with Crippen LogP contribution in [0.25, 0.3) is 0 Å². The van der Waals surface area contributed by atoms with E-state index >= 15 is 0 Å². The minimum Gasteiger partial charge on any atom is -0.465 e. The Hall–Kier alpha value is -0.180. The zero-order valence-corrected chi connectivity index (χ0v) is 8.10. The Morgan fingerprint density at radius 2 is 2.42 bits per heavy atom. The van der Waals surface area contributed by atoms with Crippen molar-refractivity contribution in [3.8, 4) is 0 Å². The molecule has 0 aromatic carbocycles. The number of carbonyl (C=O) groups is 1. The van der Waals surface area contributed by atoms with Crippen LogP contribution in [0.4, 0.5) is 0 Å². The molecule has 12 heavy (non-hydrogen) atoms. The fraction of sp³-hybridized carbons (Fsp3) is 0.889. The van der Waals surface area contributed by atoms with Crippen molar-refractivity contribution >= 4 is 17.7 Å². The van der Waals surface area contributed by atoms with Crippen molar-refractivity contribution in [3.05, 3.63) is 0 Å². The van der Waals surface area contributed by atoms with Crippen molar-refractivity contribution in [1.29, 1.82) is 0 Å². The molecule has 1 heterocycles. The van der Waals surface area contributed by atoms with Crippen LogP contribution in [-0.2, 0) is 9.53 Å². The van der Waals surface area contributed by atoms with E-state index in [0.717, 1.165) is 12.2 Å². The molecule has 3 atom stereocenters. The number of rotatable bonds is 2. The monoisotopic (exact) mass is 186 g/mol. The molecule has 1 aliphatic heterocycles. The SMILES string of the molecule is CCSC1CCC2C(=O)OCC12. The Kier molecular flexibility index (Phi) is 2.31. The molecule has 2 fully saturated rings. The molecule has 2 aliphatic rings. The Bertz CT molecular complexity index is 193. The fourth-order valence-corrected chi connectivity index (χ4v) is 3.50. The summed E-state index contributed by atoms with van der Waals surface area (Å²) in [7, 11) is 0. The van der Waals surface area contributed by atoms with E-state index in [1.807, 2.05) is 11.8 Å². The average molecular weight is 186 g/mol. The largest absolute Gasteiger partial charge is 0.465 e. The highest BCUT2D eigenvalue weighted by atomic mass is 32.2. The number of thioether (sulfide) groups is 1. The molecule has 1 saturated carbocycles. The molecule has 0 spiro atoms. The van der Waals surface area contributed by atoms with Crippen molar-refractivity contribution in [2.45, 2.75) is 25.0 Å². The summed E-state index contributed by atoms with van der Waals surface area (Å²) in [4.78, 5) is 11.2. The molecule has 2 nitrogen and oxygen atoms in total. The highest BCUT2D eigenvalue weighted by Crippen LogP contribution is 2.43. The van der Waals surface area contributed by atoms with Crippen LogP contribution in [0.5, 0.6) is 0 Å². The van der Waals surface area contributed by atoms with E-state index in [4.69, 9.17) is 4.74 Å². The van der Waals surface area contributed by atoms with Crippen LogP contribution >= 0.6 is 11.8 Å². The van der Waals surface area contributed by atoms with Crippen LogP contribution in [0.2, 0.25) is 0 Å². The number of fused-ring (bicyclic) bond motifs is 1. The zero-order chi connectivity index (χ0) is 8.55. The van der Waals surface area contributed by atoms with Crippen LogP contribution in [0.3, 0.4) is 0 Å². The fourth-order valence-electron chi connectivity index (χ4n) is 2.25. The Morgan fingerprint density at radius 1 is 1.58 bits per heavy atom. The first-order valence-corrected chi connectivity index (χ1v) is 5.66. The summed E-state index contributed by atoms with van der Waals surface area (Å²) in [6, 6.07) is 0. The Morgan fingerprint density at radius 3 is 3.17 bits per heavy atom. The van der Waals surface area contributed by atoms with Crippen LogP contribution in [0, 0.1) is 11.8 Å². The third-order valence-corrected chi connectivity index (χ3v) is 4.20. The summed E-state index contributed by atoms with van der Waals surface area (Å²) in [5, 5.41) is 0.687. The minimum atomic E-state index is 0.0548. The van der Waals surface area contributed by atoms with Gasteiger partial charge >= 0.3 is 5.97 Å². The standard InChI is InChI=1S/C9H14O2S/c1-2-12-8-4-3-6-7(8)5-11-9(6)10/h6-8H,2-5H2,1H3. The van der Waals surface area contributed by atoms with Gasteiger partial charge in [-0.2, -0.15) is 11.8 Å². The van der Waals surface area contributed by atoms with Crippen LogP contribution in [0.1, 0.15) is 19.8 Å². The number of hydrogen-bond acceptors (Lipinski definition) is 3. The molecule has 68 valence electrons. The van der Waals surface area contributed by atoms with Gasteiger partial charge in [-0.1, -0.05) is 6.92 Å². The third kappa shape index (κ3) is 1.24. The number of ether oxygens (including phenoxy) is 1. The first-order valence-electron chi connectivity index (χ1n) is 4.61. The van der Waals surface area contributed by atoms with E-state index in [1.165, 1.54) is 6.42 Å². The summed E-state index contributed by atoms with van der Waals surface area (Å²) in [5.41, 5.74) is 0. The molecular formula is C9H14O2S. The second-order valence-electron chi connectivity index (χ2n) is 3.47. The molecule has 0 N–H and O–H groups in total. The Balaban J connectivity index is 2.00. The lowest BCUT2D eigenvalue weighted by Gasteiger charge is -2.13. The summed E-state index contributed by atoms with van der Waals surface area (Å²) in [6.45, 7) is 2.86. The van der Waals surface area contributed by atoms with Gasteiger partial charge in [0.2, 0.25) is 0 Å². The van der Waals surface area contributed by atoms with Crippen LogP contribution < -0.4 is 0 Å². The molecule has 1 saturated heterocycles. The maximum Gasteiger partial charge on any atom is 0.309 e. The van der Waals surface area contributed by atoms with E-state index in [1.54, 1.807) is 0 Å². The van der Waals surface area contributed by atoms with E-state index in [-0.39, 0.29) is 11.9 Å². The molecule has 0 amide bonds. The van der Waals surface area contributed by atoms with Gasteiger partial charge in [-0.25, -0.2) is 0 Å². The lowest BCUT2D eigenvalue weighted by Crippen LogP contribution is -2.16. The molecule has 1 aliphatic carbocycles. The lowest BCUT2D eigenvalue weighted by molar-refractivity contribution is -0.141. The molecule has 0 aromatic heterocycles. The number of hydrogen-bond donors (Lipinski definition) is 0. The van der Waals surface area contributed by atoms with Gasteiger partial charge in [0.25, 0.3) is 0 Å². The van der Waals surface area contributed by atoms with E-state index in [2.05, 4.69) is 6.92 Å². The van der Waals surface area contributed by atoms with E-state index in [0.29, 0.717) is 17.8 Å². The maximum absolute atomic E-state index is 11.2. The van der Waals surface area contributed by atoms with Gasteiger partial charge in [0.05, 0.1) is 12.5 Å². The van der Waals surface area contributed by atoms with Crippen LogP contribution in [-0.4, -0.2) is 23.6 Å². The average Bonchev–Trinajstić information content (AvgIpc) is 2.58. The van der Waals surface area contributed by atoms with Crippen LogP contribution in [0.15, 0.2) is 0 Å². The van der Waals surface area contributed by atoms with Gasteiger partial charge in [0.1, 0.15) is 0 Å². The van der Waals surface area contributed by atoms with E-state index in [9.17, 15) is 4.79 Å². The van der Waals surface area contributed by atoms with Gasteiger partial charge in [0, 0.05) is 11.2 Å². The predicted octanol–water partition coefficient (Wildman–Crippen LogP) is 1.69. The molecule has 3 unspecified atom stereocenters. The number of carbonyl (C=O) groups excluding carboxylic acids is 1. The molecule has 3 heteroatoms. The van der Waals surface area contributed by atoms with Gasteiger partial charge in [0.15, 0.2) is 0 Å². The van der Waals surface area contributed by atoms with Gasteiger partial charge in [-0.05, 0) is 18.6 Å². The number of esters is 1. The molecular weight excluding hydrogens is 172 g/mol. The van der Waals surface area contributed by atoms with E-state index < -0.39 is 0 Å². The molecule has 0 bridgehead atoms. The summed E-state index contributed by atoms with van der Waals surface area (Å²) in [6.07, 6.45) is 2.27. The first kappa shape index (κ1) is 8.42. The van der Waals surface area contributed by atoms with Crippen molar-refractivity contribution in [1.82, 2.24) is 0 Å². The van der Waals surface area contributed by atoms with Crippen molar-refractivity contribution in [2.24, 2.45) is 11.8 Å². The normalized spacial score (nSPS) is 39.8. The van der Waals surface area contributed by atoms with Gasteiger partial charge < -0.3 is 4.74 Å². The topological polar surface area (TPSA) is 26.3 Å². The molecule has 0 aromatic rings. The lowest BCUT2D eigenvalue weighted by atomic mass is 10.0. The highest BCUT2D eigenvalue weighted by molar-refractivity contribution is 7.99. The van der Waals surface area contributed by atoms with Gasteiger partial charge in [-0.3, -0.25) is 4.79 Å². The van der Waals surface area contributed by atoms with Crippen molar-refractivity contribution in [3.63, 3.8) is 0 Å². The van der Waals surface area contributed by atoms with Crippen molar-refractivity contribution in [2.75, 3.05) is 12.4 Å². The first-order chi connectivity index (χ1) is 5.83. The van der Waals surface area contributed by atoms with Gasteiger partial charge in [-0.15, -0.1) is 0 Å².